The fourth-order valence-corrected chi connectivity index (χ4v) is 4.93. The monoisotopic (exact) mass is 437 g/mol. The van der Waals surface area contributed by atoms with Gasteiger partial charge in [0, 0.05) is 18.5 Å². The second kappa shape index (κ2) is 7.36. The maximum atomic E-state index is 12.9. The zero-order valence-electron chi connectivity index (χ0n) is 14.3. The highest BCUT2D eigenvalue weighted by atomic mass is 35.5. The van der Waals surface area contributed by atoms with Crippen LogP contribution in [-0.2, 0) is 25.6 Å². The Morgan fingerprint density at radius 2 is 2.00 bits per heavy atom. The van der Waals surface area contributed by atoms with Gasteiger partial charge in [-0.05, 0) is 24.6 Å². The molecule has 0 radical (unpaired) electrons. The number of benzene rings is 1. The second-order valence-electron chi connectivity index (χ2n) is 6.49. The lowest BCUT2D eigenvalue weighted by molar-refractivity contribution is -0.137. The van der Waals surface area contributed by atoms with Crippen LogP contribution in [0.15, 0.2) is 23.3 Å². The van der Waals surface area contributed by atoms with Crippen LogP contribution in [-0.4, -0.2) is 48.5 Å². The molecule has 7 nitrogen and oxygen atoms in total. The van der Waals surface area contributed by atoms with Gasteiger partial charge in [-0.3, -0.25) is 9.59 Å². The van der Waals surface area contributed by atoms with Crippen LogP contribution in [0, 0.1) is 0 Å². The van der Waals surface area contributed by atoms with E-state index in [1.54, 1.807) is 0 Å². The van der Waals surface area contributed by atoms with Gasteiger partial charge in [0.15, 0.2) is 9.84 Å². The van der Waals surface area contributed by atoms with E-state index in [0.29, 0.717) is 6.07 Å². The summed E-state index contributed by atoms with van der Waals surface area (Å²) in [7, 11) is -3.26. The van der Waals surface area contributed by atoms with Gasteiger partial charge in [0.05, 0.1) is 28.1 Å². The van der Waals surface area contributed by atoms with Gasteiger partial charge >= 0.3 is 6.18 Å². The molecule has 2 aliphatic heterocycles. The number of hydrogen-bond donors (Lipinski definition) is 1. The van der Waals surface area contributed by atoms with Gasteiger partial charge in [-0.15, -0.1) is 0 Å². The summed E-state index contributed by atoms with van der Waals surface area (Å²) in [4.78, 5) is 24.5. The van der Waals surface area contributed by atoms with Gasteiger partial charge in [-0.25, -0.2) is 13.4 Å². The summed E-state index contributed by atoms with van der Waals surface area (Å²) in [6.45, 7) is 0. The number of nitrogens with one attached hydrogen (secondary N) is 1. The Labute approximate surface area is 163 Å². The van der Waals surface area contributed by atoms with E-state index in [-0.39, 0.29) is 42.2 Å². The minimum atomic E-state index is -4.68. The standard InChI is InChI=1S/C16H15ClF3N3O4S/c17-12-2-1-9(7-11(12)16(18,19)20)21-15(25)13-3-4-14(24)23(22-13)10-5-6-28(26,27)8-10/h1-2,7,10H,3-6,8H2,(H,21,25)/t10-/m0/s1. The van der Waals surface area contributed by atoms with Crippen molar-refractivity contribution in [1.82, 2.24) is 5.01 Å². The number of sulfone groups is 1. The predicted molar refractivity (Wildman–Crippen MR) is 95.7 cm³/mol. The third kappa shape index (κ3) is 4.46. The minimum Gasteiger partial charge on any atom is -0.321 e. The van der Waals surface area contributed by atoms with Crippen molar-refractivity contribution >= 4 is 44.7 Å². The van der Waals surface area contributed by atoms with Crippen LogP contribution in [0.1, 0.15) is 24.8 Å². The Balaban J connectivity index is 1.79. The number of halogens is 4. The molecule has 0 saturated carbocycles. The minimum absolute atomic E-state index is 0.000352. The number of hydrogen-bond acceptors (Lipinski definition) is 5. The van der Waals surface area contributed by atoms with Crippen molar-refractivity contribution in [1.29, 1.82) is 0 Å². The molecule has 2 amide bonds. The number of nitrogens with zero attached hydrogens (tertiary/aromatic N) is 2. The Kier molecular flexibility index (Phi) is 5.41. The molecule has 1 fully saturated rings. The first-order chi connectivity index (χ1) is 13.0. The van der Waals surface area contributed by atoms with E-state index in [9.17, 15) is 31.2 Å². The molecule has 3 rings (SSSR count). The average molecular weight is 438 g/mol. The molecule has 2 heterocycles. The molecule has 28 heavy (non-hydrogen) atoms. The first-order valence-corrected chi connectivity index (χ1v) is 10.4. The number of amides is 2. The molecule has 1 aromatic carbocycles. The Morgan fingerprint density at radius 3 is 2.61 bits per heavy atom. The highest BCUT2D eigenvalue weighted by molar-refractivity contribution is 7.91. The summed E-state index contributed by atoms with van der Waals surface area (Å²) in [5.74, 6) is -1.47. The smallest absolute Gasteiger partial charge is 0.321 e. The Bertz CT molecular complexity index is 962. The van der Waals surface area contributed by atoms with Gasteiger partial charge in [0.1, 0.15) is 5.71 Å². The first-order valence-electron chi connectivity index (χ1n) is 8.24. The normalized spacial score (nSPS) is 22.1. The zero-order chi connectivity index (χ0) is 20.7. The molecule has 0 unspecified atom stereocenters. The molecule has 0 aliphatic carbocycles. The molecule has 12 heteroatoms. The molecule has 1 aromatic rings. The van der Waals surface area contributed by atoms with Crippen molar-refractivity contribution < 1.29 is 31.2 Å². The van der Waals surface area contributed by atoms with Crippen LogP contribution >= 0.6 is 11.6 Å². The summed E-state index contributed by atoms with van der Waals surface area (Å²) in [6, 6.07) is 2.29. The Hall–Kier alpha value is -2.14. The van der Waals surface area contributed by atoms with E-state index in [0.717, 1.165) is 11.1 Å². The predicted octanol–water partition coefficient (Wildman–Crippen LogP) is 2.46. The largest absolute Gasteiger partial charge is 0.417 e. The topological polar surface area (TPSA) is 95.9 Å². The van der Waals surface area contributed by atoms with E-state index in [2.05, 4.69) is 10.4 Å². The van der Waals surface area contributed by atoms with Crippen molar-refractivity contribution in [2.75, 3.05) is 16.8 Å². The van der Waals surface area contributed by atoms with Crippen LogP contribution in [0.2, 0.25) is 5.02 Å². The summed E-state index contributed by atoms with van der Waals surface area (Å²) in [6.07, 6.45) is -4.51. The fraction of sp³-hybridized carbons (Fsp3) is 0.438. The van der Waals surface area contributed by atoms with Gasteiger partial charge in [-0.1, -0.05) is 11.6 Å². The van der Waals surface area contributed by atoms with E-state index in [4.69, 9.17) is 11.6 Å². The SMILES string of the molecule is O=C(Nc1ccc(Cl)c(C(F)(F)F)c1)C1=NN([C@H]2CCS(=O)(=O)C2)C(=O)CC1. The number of carbonyl (C=O) groups is 2. The van der Waals surface area contributed by atoms with Crippen molar-refractivity contribution in [3.8, 4) is 0 Å². The number of hydrazone groups is 1. The van der Waals surface area contributed by atoms with E-state index < -0.39 is 44.5 Å². The summed E-state index contributed by atoms with van der Waals surface area (Å²) < 4.78 is 62.0. The molecular weight excluding hydrogens is 423 g/mol. The van der Waals surface area contributed by atoms with Crippen LogP contribution < -0.4 is 5.32 Å². The third-order valence-electron chi connectivity index (χ3n) is 4.41. The number of alkyl halides is 3. The maximum Gasteiger partial charge on any atom is 0.417 e. The highest BCUT2D eigenvalue weighted by Gasteiger charge is 2.37. The molecule has 0 aromatic heterocycles. The second-order valence-corrected chi connectivity index (χ2v) is 9.12. The number of carbonyl (C=O) groups excluding carboxylic acids is 2. The number of rotatable bonds is 3. The van der Waals surface area contributed by atoms with Gasteiger partial charge in [0.25, 0.3) is 5.91 Å². The van der Waals surface area contributed by atoms with Crippen molar-refractivity contribution in [2.45, 2.75) is 31.5 Å². The van der Waals surface area contributed by atoms with Crippen LogP contribution in [0.25, 0.3) is 0 Å². The molecule has 0 spiro atoms. The van der Waals surface area contributed by atoms with Crippen molar-refractivity contribution in [2.24, 2.45) is 5.10 Å². The molecule has 1 atom stereocenters. The van der Waals surface area contributed by atoms with E-state index in [1.165, 1.54) is 6.07 Å². The fourth-order valence-electron chi connectivity index (χ4n) is 3.01. The third-order valence-corrected chi connectivity index (χ3v) is 6.49. The summed E-state index contributed by atoms with van der Waals surface area (Å²) >= 11 is 5.55. The van der Waals surface area contributed by atoms with Gasteiger partial charge in [0.2, 0.25) is 5.91 Å². The van der Waals surface area contributed by atoms with Crippen LogP contribution in [0.4, 0.5) is 18.9 Å². The first kappa shape index (κ1) is 20.6. The molecule has 152 valence electrons. The maximum absolute atomic E-state index is 12.9. The molecule has 0 bridgehead atoms. The average Bonchev–Trinajstić information content (AvgIpc) is 2.95. The summed E-state index contributed by atoms with van der Waals surface area (Å²) in [5, 5.41) is 6.79. The van der Waals surface area contributed by atoms with Gasteiger partial charge in [-0.2, -0.15) is 18.3 Å². The van der Waals surface area contributed by atoms with Crippen LogP contribution in [0.5, 0.6) is 0 Å². The Morgan fingerprint density at radius 1 is 1.29 bits per heavy atom. The van der Waals surface area contributed by atoms with Crippen LogP contribution in [0.3, 0.4) is 0 Å². The molecule has 2 aliphatic rings. The molecular formula is C16H15ClF3N3O4S. The highest BCUT2D eigenvalue weighted by Crippen LogP contribution is 2.36. The zero-order valence-corrected chi connectivity index (χ0v) is 15.9. The molecule has 1 N–H and O–H groups in total. The van der Waals surface area contributed by atoms with Crippen molar-refractivity contribution in [3.63, 3.8) is 0 Å². The van der Waals surface area contributed by atoms with E-state index in [1.807, 2.05) is 0 Å². The summed E-state index contributed by atoms with van der Waals surface area (Å²) in [5.41, 5.74) is -1.28. The van der Waals surface area contributed by atoms with E-state index >= 15 is 0 Å². The quantitative estimate of drug-likeness (QED) is 0.785. The lowest BCUT2D eigenvalue weighted by Gasteiger charge is -2.27. The van der Waals surface area contributed by atoms with Gasteiger partial charge < -0.3 is 5.32 Å². The number of anilines is 1. The molecule has 1 saturated heterocycles. The lowest BCUT2D eigenvalue weighted by atomic mass is 10.1. The lowest BCUT2D eigenvalue weighted by Crippen LogP contribution is -2.42. The van der Waals surface area contributed by atoms with Crippen molar-refractivity contribution in [3.05, 3.63) is 28.8 Å².